The van der Waals surface area contributed by atoms with Gasteiger partial charge in [-0.05, 0) is 43.9 Å². The Balaban J connectivity index is 2.07. The molecule has 1 aromatic rings. The van der Waals surface area contributed by atoms with Gasteiger partial charge in [0.05, 0.1) is 0 Å². The molecule has 4 nitrogen and oxygen atoms in total. The van der Waals surface area contributed by atoms with Crippen molar-refractivity contribution in [3.8, 4) is 0 Å². The summed E-state index contributed by atoms with van der Waals surface area (Å²) in [6.07, 6.45) is 2.27. The fourth-order valence-corrected chi connectivity index (χ4v) is 2.64. The van der Waals surface area contributed by atoms with Crippen molar-refractivity contribution in [1.82, 2.24) is 0 Å². The average Bonchev–Trinajstić information content (AvgIpc) is 2.40. The van der Waals surface area contributed by atoms with E-state index in [0.717, 1.165) is 38.2 Å². The summed E-state index contributed by atoms with van der Waals surface area (Å²) in [5, 5.41) is 0. The van der Waals surface area contributed by atoms with Crippen molar-refractivity contribution < 1.29 is 9.53 Å². The molecule has 1 aliphatic rings. The minimum Gasteiger partial charge on any atom is -0.398 e. The Hall–Kier alpha value is -1.55. The molecular formula is C15H22N2O2. The maximum atomic E-state index is 11.5. The van der Waals surface area contributed by atoms with Crippen LogP contribution < -0.4 is 10.6 Å². The summed E-state index contributed by atoms with van der Waals surface area (Å²) in [6.45, 7) is 4.42. The van der Waals surface area contributed by atoms with Gasteiger partial charge in [0.15, 0.2) is 5.78 Å². The van der Waals surface area contributed by atoms with Crippen LogP contribution in [0.15, 0.2) is 18.2 Å². The summed E-state index contributed by atoms with van der Waals surface area (Å²) < 4.78 is 5.21. The summed E-state index contributed by atoms with van der Waals surface area (Å²) >= 11 is 0. The Labute approximate surface area is 114 Å². The number of hydrogen-bond acceptors (Lipinski definition) is 4. The largest absolute Gasteiger partial charge is 0.398 e. The highest BCUT2D eigenvalue weighted by Crippen LogP contribution is 2.26. The molecule has 1 aliphatic heterocycles. The Morgan fingerprint density at radius 2 is 2.11 bits per heavy atom. The Morgan fingerprint density at radius 3 is 2.68 bits per heavy atom. The molecule has 2 rings (SSSR count). The van der Waals surface area contributed by atoms with E-state index < -0.39 is 0 Å². The molecule has 2 N–H and O–H groups in total. The second-order valence-electron chi connectivity index (χ2n) is 5.21. The van der Waals surface area contributed by atoms with E-state index in [1.54, 1.807) is 14.0 Å². The van der Waals surface area contributed by atoms with Crippen LogP contribution >= 0.6 is 0 Å². The Bertz CT molecular complexity index is 451. The molecule has 0 amide bonds. The lowest BCUT2D eigenvalue weighted by molar-refractivity contribution is 0.101. The van der Waals surface area contributed by atoms with Gasteiger partial charge in [0.2, 0.25) is 0 Å². The van der Waals surface area contributed by atoms with Crippen molar-refractivity contribution in [1.29, 1.82) is 0 Å². The van der Waals surface area contributed by atoms with Crippen molar-refractivity contribution in [2.24, 2.45) is 5.92 Å². The number of ketones is 1. The van der Waals surface area contributed by atoms with Crippen LogP contribution in [-0.2, 0) is 4.74 Å². The Morgan fingerprint density at radius 1 is 1.42 bits per heavy atom. The number of carbonyl (C=O) groups is 1. The standard InChI is InChI=1S/C15H22N2O2/c1-11(18)14-9-13(3-4-15(14)16)17-7-5-12(6-8-17)10-19-2/h3-4,9,12H,5-8,10,16H2,1-2H3. The SMILES string of the molecule is COCC1CCN(c2ccc(N)c(C(C)=O)c2)CC1. The van der Waals surface area contributed by atoms with Gasteiger partial charge in [-0.25, -0.2) is 0 Å². The number of anilines is 2. The maximum Gasteiger partial charge on any atom is 0.161 e. The summed E-state index contributed by atoms with van der Waals surface area (Å²) in [4.78, 5) is 13.8. The predicted molar refractivity (Wildman–Crippen MR) is 77.7 cm³/mol. The first-order chi connectivity index (χ1) is 9.11. The zero-order valence-electron chi connectivity index (χ0n) is 11.7. The van der Waals surface area contributed by atoms with Crippen LogP contribution in [0.4, 0.5) is 11.4 Å². The lowest BCUT2D eigenvalue weighted by atomic mass is 9.97. The van der Waals surface area contributed by atoms with E-state index in [2.05, 4.69) is 4.90 Å². The minimum atomic E-state index is 0.0219. The van der Waals surface area contributed by atoms with Gasteiger partial charge >= 0.3 is 0 Å². The number of ether oxygens (including phenoxy) is 1. The van der Waals surface area contributed by atoms with Gasteiger partial charge in [-0.15, -0.1) is 0 Å². The number of piperidine rings is 1. The van der Waals surface area contributed by atoms with Crippen molar-refractivity contribution in [3.63, 3.8) is 0 Å². The zero-order chi connectivity index (χ0) is 13.8. The van der Waals surface area contributed by atoms with Gasteiger partial charge in [0.25, 0.3) is 0 Å². The van der Waals surface area contributed by atoms with Crippen LogP contribution in [0.5, 0.6) is 0 Å². The third-order valence-corrected chi connectivity index (χ3v) is 3.80. The molecule has 0 saturated carbocycles. The predicted octanol–water partition coefficient (Wildman–Crippen LogP) is 2.33. The number of hydrogen-bond donors (Lipinski definition) is 1. The topological polar surface area (TPSA) is 55.6 Å². The monoisotopic (exact) mass is 262 g/mol. The molecule has 1 saturated heterocycles. The molecule has 1 fully saturated rings. The van der Waals surface area contributed by atoms with Gasteiger partial charge in [-0.3, -0.25) is 4.79 Å². The normalized spacial score (nSPS) is 16.6. The molecule has 0 spiro atoms. The van der Waals surface area contributed by atoms with Gasteiger partial charge in [-0.2, -0.15) is 0 Å². The molecule has 104 valence electrons. The van der Waals surface area contributed by atoms with Gasteiger partial charge in [0, 0.05) is 43.7 Å². The summed E-state index contributed by atoms with van der Waals surface area (Å²) in [7, 11) is 1.76. The number of nitrogens with zero attached hydrogens (tertiary/aromatic N) is 1. The molecule has 0 unspecified atom stereocenters. The van der Waals surface area contributed by atoms with Crippen LogP contribution in [0.25, 0.3) is 0 Å². The highest BCUT2D eigenvalue weighted by molar-refractivity contribution is 6.00. The quantitative estimate of drug-likeness (QED) is 0.668. The molecule has 0 aliphatic carbocycles. The highest BCUT2D eigenvalue weighted by atomic mass is 16.5. The molecule has 1 heterocycles. The van der Waals surface area contributed by atoms with Crippen LogP contribution in [-0.4, -0.2) is 32.6 Å². The Kier molecular flexibility index (Phi) is 4.43. The van der Waals surface area contributed by atoms with Crippen molar-refractivity contribution >= 4 is 17.2 Å². The van der Waals surface area contributed by atoms with Crippen LogP contribution in [0.3, 0.4) is 0 Å². The fourth-order valence-electron chi connectivity index (χ4n) is 2.64. The van der Waals surface area contributed by atoms with E-state index in [4.69, 9.17) is 10.5 Å². The third kappa shape index (κ3) is 3.26. The number of nitrogens with two attached hydrogens (primary N) is 1. The summed E-state index contributed by atoms with van der Waals surface area (Å²) in [5.41, 5.74) is 8.10. The molecule has 19 heavy (non-hydrogen) atoms. The lowest BCUT2D eigenvalue weighted by Gasteiger charge is -2.33. The van der Waals surface area contributed by atoms with Crippen LogP contribution in [0.2, 0.25) is 0 Å². The molecule has 0 radical (unpaired) electrons. The average molecular weight is 262 g/mol. The zero-order valence-corrected chi connectivity index (χ0v) is 11.7. The molecule has 0 bridgehead atoms. The van der Waals surface area contributed by atoms with E-state index in [1.807, 2.05) is 18.2 Å². The minimum absolute atomic E-state index is 0.0219. The highest BCUT2D eigenvalue weighted by Gasteiger charge is 2.20. The van der Waals surface area contributed by atoms with Crippen LogP contribution in [0, 0.1) is 5.92 Å². The smallest absolute Gasteiger partial charge is 0.161 e. The molecule has 1 aromatic carbocycles. The number of carbonyl (C=O) groups excluding carboxylic acids is 1. The van der Waals surface area contributed by atoms with Crippen LogP contribution in [0.1, 0.15) is 30.1 Å². The third-order valence-electron chi connectivity index (χ3n) is 3.80. The maximum absolute atomic E-state index is 11.5. The molecule has 0 atom stereocenters. The summed E-state index contributed by atoms with van der Waals surface area (Å²) in [5.74, 6) is 0.677. The van der Waals surface area contributed by atoms with Gasteiger partial charge in [0.1, 0.15) is 0 Å². The number of methoxy groups -OCH3 is 1. The number of nitrogen functional groups attached to an aromatic ring is 1. The lowest BCUT2D eigenvalue weighted by Crippen LogP contribution is -2.35. The van der Waals surface area contributed by atoms with Gasteiger partial charge < -0.3 is 15.4 Å². The second kappa shape index (κ2) is 6.06. The second-order valence-corrected chi connectivity index (χ2v) is 5.21. The number of benzene rings is 1. The first-order valence-corrected chi connectivity index (χ1v) is 6.76. The molecular weight excluding hydrogens is 240 g/mol. The van der Waals surface area contributed by atoms with E-state index >= 15 is 0 Å². The number of Topliss-reactive ketones (excluding diaryl/α,β-unsaturated/α-hetero) is 1. The van der Waals surface area contributed by atoms with Crippen molar-refractivity contribution in [3.05, 3.63) is 23.8 Å². The van der Waals surface area contributed by atoms with E-state index in [0.29, 0.717) is 17.2 Å². The summed E-state index contributed by atoms with van der Waals surface area (Å²) in [6, 6.07) is 5.74. The molecule has 0 aromatic heterocycles. The van der Waals surface area contributed by atoms with E-state index in [9.17, 15) is 4.79 Å². The van der Waals surface area contributed by atoms with E-state index in [1.165, 1.54) is 0 Å². The van der Waals surface area contributed by atoms with Crippen molar-refractivity contribution in [2.45, 2.75) is 19.8 Å². The van der Waals surface area contributed by atoms with Gasteiger partial charge in [-0.1, -0.05) is 0 Å². The first kappa shape index (κ1) is 13.9. The molecule has 4 heteroatoms. The fraction of sp³-hybridized carbons (Fsp3) is 0.533. The number of rotatable bonds is 4. The first-order valence-electron chi connectivity index (χ1n) is 6.76. The van der Waals surface area contributed by atoms with Crippen molar-refractivity contribution in [2.75, 3.05) is 37.4 Å². The van der Waals surface area contributed by atoms with E-state index in [-0.39, 0.29) is 5.78 Å².